The lowest BCUT2D eigenvalue weighted by molar-refractivity contribution is 0.0948. The molecule has 0 radical (unpaired) electrons. The van der Waals surface area contributed by atoms with Crippen LogP contribution in [0.3, 0.4) is 0 Å². The molecule has 0 saturated carbocycles. The van der Waals surface area contributed by atoms with Gasteiger partial charge in [0, 0.05) is 25.4 Å². The van der Waals surface area contributed by atoms with Crippen LogP contribution in [0.1, 0.15) is 15.9 Å². The molecule has 18 heavy (non-hydrogen) atoms. The number of benzene rings is 1. The molecule has 0 aliphatic heterocycles. The largest absolute Gasteiger partial charge is 0.508 e. The summed E-state index contributed by atoms with van der Waals surface area (Å²) in [6.07, 6.45) is 3.42. The van der Waals surface area contributed by atoms with Crippen molar-refractivity contribution in [1.29, 1.82) is 0 Å². The number of aryl methyl sites for hydroxylation is 1. The second kappa shape index (κ2) is 4.79. The number of rotatable bonds is 3. The topological polar surface area (TPSA) is 87.4 Å². The first-order valence-corrected chi connectivity index (χ1v) is 5.34. The van der Waals surface area contributed by atoms with E-state index in [1.165, 1.54) is 18.2 Å². The number of phenols is 2. The highest BCUT2D eigenvalue weighted by Crippen LogP contribution is 2.21. The molecule has 0 bridgehead atoms. The second-order valence-corrected chi connectivity index (χ2v) is 3.91. The third kappa shape index (κ3) is 2.60. The summed E-state index contributed by atoms with van der Waals surface area (Å²) in [4.78, 5) is 11.8. The Labute approximate surface area is 103 Å². The minimum atomic E-state index is -0.452. The zero-order valence-corrected chi connectivity index (χ0v) is 9.79. The van der Waals surface area contributed by atoms with Gasteiger partial charge < -0.3 is 15.5 Å². The number of hydrogen-bond donors (Lipinski definition) is 3. The quantitative estimate of drug-likeness (QED) is 0.699. The molecule has 1 amide bonds. The molecule has 1 heterocycles. The second-order valence-electron chi connectivity index (χ2n) is 3.91. The first-order valence-electron chi connectivity index (χ1n) is 5.34. The molecule has 94 valence electrons. The molecule has 0 aliphatic rings. The Hall–Kier alpha value is -2.50. The molecule has 0 aliphatic carbocycles. The Morgan fingerprint density at radius 1 is 1.44 bits per heavy atom. The van der Waals surface area contributed by atoms with E-state index in [2.05, 4.69) is 10.4 Å². The fourth-order valence-corrected chi connectivity index (χ4v) is 1.55. The molecule has 3 N–H and O–H groups in total. The van der Waals surface area contributed by atoms with E-state index < -0.39 is 5.91 Å². The van der Waals surface area contributed by atoms with Crippen LogP contribution in [0.4, 0.5) is 0 Å². The number of hydrogen-bond acceptors (Lipinski definition) is 4. The Kier molecular flexibility index (Phi) is 3.18. The van der Waals surface area contributed by atoms with E-state index in [4.69, 9.17) is 0 Å². The number of aromatic nitrogens is 2. The van der Waals surface area contributed by atoms with Gasteiger partial charge in [-0.1, -0.05) is 0 Å². The van der Waals surface area contributed by atoms with Crippen LogP contribution in [0.5, 0.6) is 11.5 Å². The Balaban J connectivity index is 2.05. The summed E-state index contributed by atoms with van der Waals surface area (Å²) in [5.74, 6) is -0.692. The molecule has 0 unspecified atom stereocenters. The number of carbonyl (C=O) groups is 1. The maximum atomic E-state index is 11.8. The van der Waals surface area contributed by atoms with Crippen LogP contribution in [-0.2, 0) is 13.6 Å². The van der Waals surface area contributed by atoms with Crippen molar-refractivity contribution in [1.82, 2.24) is 15.1 Å². The van der Waals surface area contributed by atoms with Crippen molar-refractivity contribution in [3.63, 3.8) is 0 Å². The van der Waals surface area contributed by atoms with Gasteiger partial charge in [-0.2, -0.15) is 5.10 Å². The number of phenolic OH excluding ortho intramolecular Hbond substituents is 2. The first kappa shape index (κ1) is 12.0. The molecule has 2 aromatic rings. The smallest absolute Gasteiger partial charge is 0.255 e. The monoisotopic (exact) mass is 247 g/mol. The number of nitrogens with one attached hydrogen (secondary N) is 1. The molecular formula is C12H13N3O3. The summed E-state index contributed by atoms with van der Waals surface area (Å²) in [6.45, 7) is 0.307. The Morgan fingerprint density at radius 3 is 2.89 bits per heavy atom. The van der Waals surface area contributed by atoms with E-state index in [-0.39, 0.29) is 17.1 Å². The summed E-state index contributed by atoms with van der Waals surface area (Å²) < 4.78 is 1.63. The molecule has 1 aromatic carbocycles. The predicted molar refractivity (Wildman–Crippen MR) is 64.1 cm³/mol. The zero-order valence-electron chi connectivity index (χ0n) is 9.79. The molecular weight excluding hydrogens is 234 g/mol. The lowest BCUT2D eigenvalue weighted by atomic mass is 10.1. The molecule has 6 heteroatoms. The van der Waals surface area contributed by atoms with E-state index in [9.17, 15) is 15.0 Å². The van der Waals surface area contributed by atoms with Crippen molar-refractivity contribution >= 4 is 5.91 Å². The molecule has 0 fully saturated rings. The highest BCUT2D eigenvalue weighted by molar-refractivity contribution is 5.97. The average molecular weight is 247 g/mol. The zero-order chi connectivity index (χ0) is 13.1. The molecule has 2 rings (SSSR count). The maximum Gasteiger partial charge on any atom is 0.255 e. The van der Waals surface area contributed by atoms with Crippen molar-refractivity contribution in [3.8, 4) is 11.5 Å². The summed E-state index contributed by atoms with van der Waals surface area (Å²) >= 11 is 0. The van der Waals surface area contributed by atoms with Crippen LogP contribution in [-0.4, -0.2) is 25.9 Å². The van der Waals surface area contributed by atoms with Crippen molar-refractivity contribution in [2.45, 2.75) is 6.54 Å². The van der Waals surface area contributed by atoms with Crippen LogP contribution in [0.2, 0.25) is 0 Å². The van der Waals surface area contributed by atoms with Crippen LogP contribution in [0.15, 0.2) is 30.6 Å². The van der Waals surface area contributed by atoms with Gasteiger partial charge in [-0.15, -0.1) is 0 Å². The van der Waals surface area contributed by atoms with Gasteiger partial charge in [0.2, 0.25) is 0 Å². The maximum absolute atomic E-state index is 11.8. The number of carbonyl (C=O) groups excluding carboxylic acids is 1. The highest BCUT2D eigenvalue weighted by atomic mass is 16.3. The lowest BCUT2D eigenvalue weighted by Crippen LogP contribution is -2.22. The predicted octanol–water partition coefficient (Wildman–Crippen LogP) is 0.761. The first-order chi connectivity index (χ1) is 8.56. The van der Waals surface area contributed by atoms with Crippen molar-refractivity contribution in [2.75, 3.05) is 0 Å². The molecule has 0 atom stereocenters. The van der Waals surface area contributed by atoms with Gasteiger partial charge in [0.25, 0.3) is 5.91 Å². The van der Waals surface area contributed by atoms with Gasteiger partial charge in [-0.05, 0) is 18.2 Å². The fraction of sp³-hybridized carbons (Fsp3) is 0.167. The van der Waals surface area contributed by atoms with E-state index in [0.29, 0.717) is 6.54 Å². The van der Waals surface area contributed by atoms with Gasteiger partial charge in [0.05, 0.1) is 11.8 Å². The van der Waals surface area contributed by atoms with E-state index in [1.807, 2.05) is 0 Å². The summed E-state index contributed by atoms with van der Waals surface area (Å²) in [5.41, 5.74) is 0.893. The van der Waals surface area contributed by atoms with Gasteiger partial charge in [-0.3, -0.25) is 9.48 Å². The standard InChI is InChI=1S/C12H13N3O3/c1-15-7-8(6-14-15)5-13-12(18)10-4-9(16)2-3-11(10)17/h2-4,6-7,16-17H,5H2,1H3,(H,13,18). The normalized spacial score (nSPS) is 10.3. The summed E-state index contributed by atoms with van der Waals surface area (Å²) in [5, 5.41) is 25.4. The molecule has 0 saturated heterocycles. The molecule has 0 spiro atoms. The van der Waals surface area contributed by atoms with E-state index in [0.717, 1.165) is 5.56 Å². The third-order valence-corrected chi connectivity index (χ3v) is 2.44. The van der Waals surface area contributed by atoms with Gasteiger partial charge >= 0.3 is 0 Å². The van der Waals surface area contributed by atoms with Crippen LogP contribution in [0.25, 0.3) is 0 Å². The van der Waals surface area contributed by atoms with Crippen LogP contribution >= 0.6 is 0 Å². The SMILES string of the molecule is Cn1cc(CNC(=O)c2cc(O)ccc2O)cn1. The molecule has 6 nitrogen and oxygen atoms in total. The summed E-state index contributed by atoms with van der Waals surface area (Å²) in [7, 11) is 1.78. The van der Waals surface area contributed by atoms with Crippen molar-refractivity contribution in [3.05, 3.63) is 41.7 Å². The van der Waals surface area contributed by atoms with Gasteiger partial charge in [0.15, 0.2) is 0 Å². The molecule has 1 aromatic heterocycles. The van der Waals surface area contributed by atoms with E-state index >= 15 is 0 Å². The Bertz CT molecular complexity index is 578. The highest BCUT2D eigenvalue weighted by Gasteiger charge is 2.11. The van der Waals surface area contributed by atoms with Crippen LogP contribution in [0, 0.1) is 0 Å². The minimum Gasteiger partial charge on any atom is -0.508 e. The number of amides is 1. The van der Waals surface area contributed by atoms with Crippen LogP contribution < -0.4 is 5.32 Å². The number of nitrogens with zero attached hydrogens (tertiary/aromatic N) is 2. The number of aromatic hydroxyl groups is 2. The lowest BCUT2D eigenvalue weighted by Gasteiger charge is -2.06. The summed E-state index contributed by atoms with van der Waals surface area (Å²) in [6, 6.07) is 3.80. The Morgan fingerprint density at radius 2 is 2.22 bits per heavy atom. The minimum absolute atomic E-state index is 0.0406. The van der Waals surface area contributed by atoms with E-state index in [1.54, 1.807) is 24.1 Å². The van der Waals surface area contributed by atoms with Gasteiger partial charge in [0.1, 0.15) is 11.5 Å². The fourth-order valence-electron chi connectivity index (χ4n) is 1.55. The van der Waals surface area contributed by atoms with Crippen molar-refractivity contribution < 1.29 is 15.0 Å². The third-order valence-electron chi connectivity index (χ3n) is 2.44. The van der Waals surface area contributed by atoms with Gasteiger partial charge in [-0.25, -0.2) is 0 Å². The average Bonchev–Trinajstić information content (AvgIpc) is 2.75. The van der Waals surface area contributed by atoms with Crippen molar-refractivity contribution in [2.24, 2.45) is 7.05 Å².